The quantitative estimate of drug-likeness (QED) is 0.154. The number of hydrogen-bond donors (Lipinski definition) is 1. The Bertz CT molecular complexity index is 1450. The van der Waals surface area contributed by atoms with Gasteiger partial charge in [0.1, 0.15) is 16.7 Å². The molecule has 2 unspecified atom stereocenters. The first-order chi connectivity index (χ1) is 19.9. The Morgan fingerprint density at radius 1 is 0.804 bits per heavy atom. The third-order valence-corrected chi connectivity index (χ3v) is 7.82. The van der Waals surface area contributed by atoms with E-state index in [4.69, 9.17) is 14.2 Å². The molecule has 3 aromatic rings. The number of benzene rings is 3. The van der Waals surface area contributed by atoms with Crippen LogP contribution >= 0.6 is 0 Å². The predicted molar refractivity (Wildman–Crippen MR) is 187 cm³/mol. The molecule has 260 valence electrons. The molecule has 3 aromatic carbocycles. The Morgan fingerprint density at radius 2 is 1.33 bits per heavy atom. The standard InChI is InChI=1S/C20H23NO7S.C11H14O2.4CH4.H2/c1-14(22)20(27-3,13-15-8-6-5-7-9-15)19(23)21-17-11-10-16(26-2)12-18(17)29(24,25)28-4;1-9(12)11(13-2)8-10-6-4-3-5-7-10;;;;;/h5-12H,13H2,1-4H3,(H,21,23);3-7,11H,8H2,1-2H3;4*1H4;1H. The van der Waals surface area contributed by atoms with E-state index in [0.717, 1.165) is 12.7 Å². The molecule has 3 rings (SSSR count). The van der Waals surface area contributed by atoms with Crippen LogP contribution in [0.25, 0.3) is 0 Å². The van der Waals surface area contributed by atoms with Crippen molar-refractivity contribution in [3.05, 3.63) is 90.0 Å². The molecule has 0 spiro atoms. The van der Waals surface area contributed by atoms with Crippen molar-refractivity contribution in [2.75, 3.05) is 33.8 Å². The molecule has 0 aliphatic heterocycles. The monoisotopic (exact) mass is 665 g/mol. The maximum absolute atomic E-state index is 13.1. The summed E-state index contributed by atoms with van der Waals surface area (Å²) in [5.74, 6) is -0.987. The zero-order valence-corrected chi connectivity index (χ0v) is 25.4. The summed E-state index contributed by atoms with van der Waals surface area (Å²) in [6.45, 7) is 2.80. The van der Waals surface area contributed by atoms with Crippen LogP contribution in [-0.2, 0) is 51.0 Å². The van der Waals surface area contributed by atoms with E-state index in [2.05, 4.69) is 9.50 Å². The van der Waals surface area contributed by atoms with Crippen molar-refractivity contribution in [1.29, 1.82) is 0 Å². The Morgan fingerprint density at radius 3 is 1.74 bits per heavy atom. The number of hydrogen-bond acceptors (Lipinski definition) is 9. The van der Waals surface area contributed by atoms with Crippen LogP contribution in [0.2, 0.25) is 0 Å². The van der Waals surface area contributed by atoms with E-state index in [1.54, 1.807) is 38.3 Å². The number of ketones is 2. The molecule has 0 saturated carbocycles. The lowest BCUT2D eigenvalue weighted by atomic mass is 9.89. The number of carbonyl (C=O) groups is 3. The summed E-state index contributed by atoms with van der Waals surface area (Å²) in [6.07, 6.45) is 0.336. The van der Waals surface area contributed by atoms with Gasteiger partial charge in [0.15, 0.2) is 11.6 Å². The van der Waals surface area contributed by atoms with Gasteiger partial charge in [-0.3, -0.25) is 18.6 Å². The first-order valence-corrected chi connectivity index (χ1v) is 14.3. The van der Waals surface area contributed by atoms with Crippen molar-refractivity contribution in [3.8, 4) is 5.75 Å². The fraction of sp³-hybridized carbons (Fsp3) is 0.400. The molecule has 0 aliphatic carbocycles. The summed E-state index contributed by atoms with van der Waals surface area (Å²) >= 11 is 0. The van der Waals surface area contributed by atoms with E-state index >= 15 is 0 Å². The van der Waals surface area contributed by atoms with E-state index in [1.165, 1.54) is 39.3 Å². The second kappa shape index (κ2) is 21.8. The largest absolute Gasteiger partial charge is 0.497 e. The second-order valence-electron chi connectivity index (χ2n) is 9.21. The summed E-state index contributed by atoms with van der Waals surface area (Å²) in [5, 5.41) is 2.50. The fourth-order valence-corrected chi connectivity index (χ4v) is 4.86. The van der Waals surface area contributed by atoms with Gasteiger partial charge in [0.05, 0.1) is 19.9 Å². The minimum Gasteiger partial charge on any atom is -0.497 e. The zero-order chi connectivity index (χ0) is 31.3. The first-order valence-electron chi connectivity index (χ1n) is 12.9. The van der Waals surface area contributed by atoms with Gasteiger partial charge >= 0.3 is 0 Å². The van der Waals surface area contributed by atoms with Crippen molar-refractivity contribution in [3.63, 3.8) is 0 Å². The summed E-state index contributed by atoms with van der Waals surface area (Å²) in [4.78, 5) is 36.3. The van der Waals surface area contributed by atoms with Gasteiger partial charge in [0, 0.05) is 34.6 Å². The Hall–Kier alpha value is -3.90. The summed E-state index contributed by atoms with van der Waals surface area (Å²) in [6, 6.07) is 22.8. The molecule has 11 heteroatoms. The summed E-state index contributed by atoms with van der Waals surface area (Å²) in [7, 11) is 1.04. The lowest BCUT2D eigenvalue weighted by molar-refractivity contribution is -0.151. The summed E-state index contributed by atoms with van der Waals surface area (Å²) in [5.41, 5.74) is -0.0628. The lowest BCUT2D eigenvalue weighted by Crippen LogP contribution is -2.52. The van der Waals surface area contributed by atoms with Crippen LogP contribution in [-0.4, -0.2) is 66.0 Å². The number of anilines is 1. The Kier molecular flexibility index (Phi) is 22.0. The molecule has 0 radical (unpaired) electrons. The Balaban J connectivity index is -0.000000441. The smallest absolute Gasteiger partial charge is 0.298 e. The van der Waals surface area contributed by atoms with E-state index in [0.29, 0.717) is 12.0 Å². The van der Waals surface area contributed by atoms with E-state index in [-0.39, 0.29) is 65.8 Å². The number of Topliss-reactive ketones (excluding diaryl/α,β-unsaturated/α-hetero) is 2. The Labute approximate surface area is 278 Å². The molecule has 1 amide bonds. The molecular weight excluding hydrogens is 610 g/mol. The van der Waals surface area contributed by atoms with Crippen LogP contribution in [0.15, 0.2) is 83.8 Å². The zero-order valence-electron chi connectivity index (χ0n) is 24.6. The van der Waals surface area contributed by atoms with Gasteiger partial charge in [-0.2, -0.15) is 8.42 Å². The second-order valence-corrected chi connectivity index (χ2v) is 10.9. The molecule has 0 aliphatic rings. The van der Waals surface area contributed by atoms with E-state index < -0.39 is 27.4 Å². The van der Waals surface area contributed by atoms with Crippen LogP contribution < -0.4 is 10.1 Å². The molecule has 0 fully saturated rings. The molecule has 0 heterocycles. The number of nitrogens with one attached hydrogen (secondary N) is 1. The summed E-state index contributed by atoms with van der Waals surface area (Å²) < 4.78 is 44.6. The minimum atomic E-state index is -4.16. The molecule has 10 nitrogen and oxygen atoms in total. The molecule has 0 bridgehead atoms. The van der Waals surface area contributed by atoms with Gasteiger partial charge in [0.2, 0.25) is 5.60 Å². The van der Waals surface area contributed by atoms with Gasteiger partial charge in [-0.15, -0.1) is 0 Å². The lowest BCUT2D eigenvalue weighted by Gasteiger charge is -2.29. The number of carbonyl (C=O) groups excluding carboxylic acids is 3. The van der Waals surface area contributed by atoms with Crippen molar-refractivity contribution in [2.45, 2.75) is 73.0 Å². The van der Waals surface area contributed by atoms with Gasteiger partial charge in [-0.1, -0.05) is 90.4 Å². The number of ether oxygens (including phenoxy) is 3. The molecular formula is C35H55NO9S. The molecule has 0 saturated heterocycles. The number of amides is 1. The van der Waals surface area contributed by atoms with Crippen LogP contribution in [0.5, 0.6) is 5.75 Å². The predicted octanol–water partition coefficient (Wildman–Crippen LogP) is 6.81. The first kappa shape index (κ1) is 46.5. The SMILES string of the molecule is C.C.C.C.COC(Cc1ccccc1)C(C)=O.COc1ccc(NC(=O)C(Cc2ccccc2)(OC)C(C)=O)c(S(=O)(=O)OC)c1.[HH]. The number of rotatable bonds is 13. The molecule has 0 aromatic heterocycles. The van der Waals surface area contributed by atoms with Crippen LogP contribution in [0.1, 0.15) is 56.1 Å². The van der Waals surface area contributed by atoms with Gasteiger partial charge in [0.25, 0.3) is 16.0 Å². The van der Waals surface area contributed by atoms with Crippen molar-refractivity contribution >= 4 is 33.3 Å². The fourth-order valence-electron chi connectivity index (χ4n) is 4.03. The molecule has 2 atom stereocenters. The average molecular weight is 666 g/mol. The highest BCUT2D eigenvalue weighted by atomic mass is 32.2. The highest BCUT2D eigenvalue weighted by Gasteiger charge is 2.44. The molecule has 46 heavy (non-hydrogen) atoms. The van der Waals surface area contributed by atoms with Crippen LogP contribution in [0.4, 0.5) is 5.69 Å². The topological polar surface area (TPSA) is 134 Å². The van der Waals surface area contributed by atoms with Gasteiger partial charge < -0.3 is 19.5 Å². The maximum atomic E-state index is 13.1. The normalized spacial score (nSPS) is 12.0. The van der Waals surface area contributed by atoms with Crippen molar-refractivity contribution in [1.82, 2.24) is 0 Å². The molecule has 1 N–H and O–H groups in total. The van der Waals surface area contributed by atoms with Crippen molar-refractivity contribution in [2.24, 2.45) is 0 Å². The van der Waals surface area contributed by atoms with E-state index in [9.17, 15) is 22.8 Å². The van der Waals surface area contributed by atoms with E-state index in [1.807, 2.05) is 36.4 Å². The van der Waals surface area contributed by atoms with Gasteiger partial charge in [-0.05, 0) is 37.1 Å². The maximum Gasteiger partial charge on any atom is 0.298 e. The van der Waals surface area contributed by atoms with Gasteiger partial charge in [-0.25, -0.2) is 0 Å². The third-order valence-electron chi connectivity index (χ3n) is 6.51. The minimum absolute atomic E-state index is 0. The highest BCUT2D eigenvalue weighted by Crippen LogP contribution is 2.29. The number of methoxy groups -OCH3 is 3. The third kappa shape index (κ3) is 12.5. The average Bonchev–Trinajstić information content (AvgIpc) is 2.99. The van der Waals surface area contributed by atoms with Crippen molar-refractivity contribution < 1.29 is 42.6 Å². The van der Waals surface area contributed by atoms with Crippen LogP contribution in [0.3, 0.4) is 0 Å². The van der Waals surface area contributed by atoms with Crippen LogP contribution in [0, 0.1) is 0 Å². The highest BCUT2D eigenvalue weighted by molar-refractivity contribution is 7.87.